The van der Waals surface area contributed by atoms with Crippen molar-refractivity contribution in [2.45, 2.75) is 31.8 Å². The zero-order chi connectivity index (χ0) is 14.3. The lowest BCUT2D eigenvalue weighted by Crippen LogP contribution is -2.48. The second-order valence-corrected chi connectivity index (χ2v) is 6.00. The van der Waals surface area contributed by atoms with Gasteiger partial charge < -0.3 is 15.0 Å². The second kappa shape index (κ2) is 4.70. The van der Waals surface area contributed by atoms with Gasteiger partial charge in [-0.2, -0.15) is 0 Å². The first-order valence-electron chi connectivity index (χ1n) is 7.06. The molecule has 2 heterocycles. The molecular weight excluding hydrogens is 258 g/mol. The summed E-state index contributed by atoms with van der Waals surface area (Å²) in [4.78, 5) is 31.8. The second-order valence-electron chi connectivity index (χ2n) is 6.00. The molecule has 2 fully saturated rings. The highest BCUT2D eigenvalue weighted by Gasteiger charge is 2.51. The Morgan fingerprint density at radius 2 is 2.30 bits per heavy atom. The molecule has 1 aliphatic carbocycles. The van der Waals surface area contributed by atoms with Crippen molar-refractivity contribution in [3.05, 3.63) is 28.4 Å². The van der Waals surface area contributed by atoms with E-state index in [-0.39, 0.29) is 23.3 Å². The summed E-state index contributed by atoms with van der Waals surface area (Å²) in [5, 5.41) is 10.8. The molecule has 2 aliphatic rings. The molecule has 1 saturated heterocycles. The van der Waals surface area contributed by atoms with E-state index < -0.39 is 11.2 Å². The van der Waals surface area contributed by atoms with Gasteiger partial charge >= 0.3 is 0 Å². The fourth-order valence-corrected chi connectivity index (χ4v) is 3.28. The minimum absolute atomic E-state index is 0.0347. The van der Waals surface area contributed by atoms with Gasteiger partial charge in [0.15, 0.2) is 0 Å². The zero-order valence-electron chi connectivity index (χ0n) is 11.5. The third-order valence-electron chi connectivity index (χ3n) is 4.84. The average molecular weight is 277 g/mol. The molecule has 1 aromatic heterocycles. The fourth-order valence-electron chi connectivity index (χ4n) is 3.28. The maximum atomic E-state index is 12.4. The number of rotatable bonds is 2. The van der Waals surface area contributed by atoms with Gasteiger partial charge in [-0.05, 0) is 18.8 Å². The lowest BCUT2D eigenvalue weighted by Gasteiger charge is -2.41. The predicted molar refractivity (Wildman–Crippen MR) is 72.2 cm³/mol. The van der Waals surface area contributed by atoms with Crippen molar-refractivity contribution in [2.75, 3.05) is 13.1 Å². The van der Waals surface area contributed by atoms with Crippen LogP contribution in [0.3, 0.4) is 0 Å². The number of aromatic nitrogens is 2. The van der Waals surface area contributed by atoms with Crippen LogP contribution in [0.15, 0.2) is 17.3 Å². The number of β-amino-alcohol motifs (C(OH)–C–C–N with tert-alkyl or cyclic N) is 1. The molecule has 2 N–H and O–H groups in total. The number of likely N-dealkylation sites (tertiary alicyclic amines) is 1. The van der Waals surface area contributed by atoms with Gasteiger partial charge in [-0.1, -0.05) is 13.3 Å². The first kappa shape index (κ1) is 13.3. The molecule has 0 unspecified atom stereocenters. The largest absolute Gasteiger partial charge is 0.387 e. The lowest BCUT2D eigenvalue weighted by atomic mass is 9.69. The number of carbonyl (C=O) groups is 1. The molecule has 0 bridgehead atoms. The monoisotopic (exact) mass is 277 g/mol. The first-order valence-corrected chi connectivity index (χ1v) is 7.06. The number of nitrogens with zero attached hydrogens (tertiary/aromatic N) is 2. The van der Waals surface area contributed by atoms with Gasteiger partial charge in [-0.25, -0.2) is 4.98 Å². The van der Waals surface area contributed by atoms with Crippen LogP contribution in [0.2, 0.25) is 0 Å². The SMILES string of the molecule is C[C@@H]1CN(C(=O)c2cnc[nH]c2=O)C[C@@]1(O)C1CCC1. The maximum absolute atomic E-state index is 12.4. The Bertz CT molecular complexity index is 581. The number of hydrogen-bond acceptors (Lipinski definition) is 4. The standard InChI is InChI=1S/C14H19N3O3/c1-9-6-17(7-14(9,20)10-3-2-4-10)13(19)11-5-15-8-16-12(11)18/h5,8-10,20H,2-4,6-7H2,1H3,(H,15,16,18)/t9-,14+/m1/s1. The summed E-state index contributed by atoms with van der Waals surface area (Å²) in [7, 11) is 0. The van der Waals surface area contributed by atoms with Crippen LogP contribution in [0.1, 0.15) is 36.5 Å². The van der Waals surface area contributed by atoms with Gasteiger partial charge in [0.25, 0.3) is 11.5 Å². The Morgan fingerprint density at radius 3 is 2.90 bits per heavy atom. The highest BCUT2D eigenvalue weighted by Crippen LogP contribution is 2.44. The topological polar surface area (TPSA) is 86.3 Å². The van der Waals surface area contributed by atoms with E-state index >= 15 is 0 Å². The maximum Gasteiger partial charge on any atom is 0.263 e. The number of hydrogen-bond donors (Lipinski definition) is 2. The Balaban J connectivity index is 1.81. The molecule has 0 aromatic carbocycles. The van der Waals surface area contributed by atoms with Crippen LogP contribution in [0, 0.1) is 11.8 Å². The lowest BCUT2D eigenvalue weighted by molar-refractivity contribution is -0.0660. The molecule has 3 rings (SSSR count). The molecular formula is C14H19N3O3. The van der Waals surface area contributed by atoms with E-state index in [1.807, 2.05) is 6.92 Å². The van der Waals surface area contributed by atoms with E-state index in [9.17, 15) is 14.7 Å². The van der Waals surface area contributed by atoms with E-state index in [2.05, 4.69) is 9.97 Å². The van der Waals surface area contributed by atoms with Crippen molar-refractivity contribution < 1.29 is 9.90 Å². The molecule has 20 heavy (non-hydrogen) atoms. The minimum atomic E-state index is -0.803. The van der Waals surface area contributed by atoms with Crippen LogP contribution in [0.25, 0.3) is 0 Å². The quantitative estimate of drug-likeness (QED) is 0.819. The van der Waals surface area contributed by atoms with Crippen LogP contribution < -0.4 is 5.56 Å². The highest BCUT2D eigenvalue weighted by atomic mass is 16.3. The molecule has 0 spiro atoms. The molecule has 1 aliphatic heterocycles. The zero-order valence-corrected chi connectivity index (χ0v) is 11.5. The van der Waals surface area contributed by atoms with E-state index in [0.29, 0.717) is 13.1 Å². The van der Waals surface area contributed by atoms with Gasteiger partial charge in [-0.3, -0.25) is 9.59 Å². The molecule has 108 valence electrons. The van der Waals surface area contributed by atoms with Gasteiger partial charge in [0.2, 0.25) is 0 Å². The first-order chi connectivity index (χ1) is 9.52. The third-order valence-corrected chi connectivity index (χ3v) is 4.84. The number of nitrogens with one attached hydrogen (secondary N) is 1. The van der Waals surface area contributed by atoms with Gasteiger partial charge in [0.05, 0.1) is 18.5 Å². The van der Waals surface area contributed by atoms with E-state index in [0.717, 1.165) is 19.3 Å². The number of H-pyrrole nitrogens is 1. The van der Waals surface area contributed by atoms with Crippen molar-refractivity contribution in [1.82, 2.24) is 14.9 Å². The average Bonchev–Trinajstić information content (AvgIpc) is 2.64. The molecule has 1 amide bonds. The van der Waals surface area contributed by atoms with E-state index in [1.54, 1.807) is 4.90 Å². The Hall–Kier alpha value is -1.69. The Morgan fingerprint density at radius 1 is 1.55 bits per heavy atom. The normalized spacial score (nSPS) is 30.3. The molecule has 6 nitrogen and oxygen atoms in total. The number of amides is 1. The van der Waals surface area contributed by atoms with Crippen molar-refractivity contribution >= 4 is 5.91 Å². The van der Waals surface area contributed by atoms with Gasteiger partial charge in [0, 0.05) is 18.7 Å². The van der Waals surface area contributed by atoms with Crippen LogP contribution in [0.5, 0.6) is 0 Å². The number of aromatic amines is 1. The smallest absolute Gasteiger partial charge is 0.263 e. The summed E-state index contributed by atoms with van der Waals surface area (Å²) in [6.45, 7) is 2.77. The molecule has 0 radical (unpaired) electrons. The summed E-state index contributed by atoms with van der Waals surface area (Å²) in [5.41, 5.74) is -1.20. The number of aliphatic hydroxyl groups is 1. The van der Waals surface area contributed by atoms with Crippen molar-refractivity contribution in [1.29, 1.82) is 0 Å². The Labute approximate surface area is 116 Å². The van der Waals surface area contributed by atoms with Crippen LogP contribution in [0.4, 0.5) is 0 Å². The summed E-state index contributed by atoms with van der Waals surface area (Å²) in [5.74, 6) is -0.0311. The van der Waals surface area contributed by atoms with Crippen LogP contribution in [-0.2, 0) is 0 Å². The van der Waals surface area contributed by atoms with E-state index in [1.165, 1.54) is 12.5 Å². The predicted octanol–water partition coefficient (Wildman–Crippen LogP) is 0.393. The molecule has 2 atom stereocenters. The molecule has 1 saturated carbocycles. The minimum Gasteiger partial charge on any atom is -0.387 e. The summed E-state index contributed by atoms with van der Waals surface area (Å²) < 4.78 is 0. The summed E-state index contributed by atoms with van der Waals surface area (Å²) in [6, 6.07) is 0. The third kappa shape index (κ3) is 1.95. The highest BCUT2D eigenvalue weighted by molar-refractivity contribution is 5.93. The summed E-state index contributed by atoms with van der Waals surface area (Å²) >= 11 is 0. The van der Waals surface area contributed by atoms with E-state index in [4.69, 9.17) is 0 Å². The fraction of sp³-hybridized carbons (Fsp3) is 0.643. The van der Waals surface area contributed by atoms with Crippen molar-refractivity contribution in [2.24, 2.45) is 11.8 Å². The Kier molecular flexibility index (Phi) is 3.12. The van der Waals surface area contributed by atoms with Crippen LogP contribution >= 0.6 is 0 Å². The van der Waals surface area contributed by atoms with Gasteiger partial charge in [-0.15, -0.1) is 0 Å². The molecule has 6 heteroatoms. The van der Waals surface area contributed by atoms with Gasteiger partial charge in [0.1, 0.15) is 5.56 Å². The summed E-state index contributed by atoms with van der Waals surface area (Å²) in [6.07, 6.45) is 5.74. The van der Waals surface area contributed by atoms with Crippen molar-refractivity contribution in [3.8, 4) is 0 Å². The molecule has 1 aromatic rings. The van der Waals surface area contributed by atoms with Crippen molar-refractivity contribution in [3.63, 3.8) is 0 Å². The van der Waals surface area contributed by atoms with Crippen LogP contribution in [-0.4, -0.2) is 44.6 Å². The number of carbonyl (C=O) groups excluding carboxylic acids is 1.